The number of sulfonamides is 1. The number of hydrogen-bond acceptors (Lipinski definition) is 14. The number of aryl methyl sites for hydroxylation is 2. The number of carbonyl (C=O) groups excluding carboxylic acids is 4. The number of phenols is 2. The zero-order valence-corrected chi connectivity index (χ0v) is 32.4. The second kappa shape index (κ2) is 18.7. The Morgan fingerprint density at radius 1 is 0.964 bits per heavy atom. The van der Waals surface area contributed by atoms with Crippen LogP contribution in [0.1, 0.15) is 59.2 Å². The number of nitrogens with one attached hydrogen (secondary N) is 1. The Morgan fingerprint density at radius 3 is 2.23 bits per heavy atom. The molecule has 2 atom stereocenters. The normalized spacial score (nSPS) is 13.8. The highest BCUT2D eigenvalue weighted by Crippen LogP contribution is 2.36. The van der Waals surface area contributed by atoms with E-state index in [9.17, 15) is 27.6 Å². The first kappa shape index (κ1) is 42.3. The fourth-order valence-electron chi connectivity index (χ4n) is 5.32. The van der Waals surface area contributed by atoms with E-state index in [0.29, 0.717) is 11.1 Å². The Labute approximate surface area is 323 Å². The molecule has 3 N–H and O–H groups in total. The molecule has 0 fully saturated rings. The zero-order chi connectivity index (χ0) is 41.2. The number of fused-ring (bicyclic) bond motifs is 1. The average molecular weight is 794 g/mol. The molecule has 1 aliphatic rings. The van der Waals surface area contributed by atoms with E-state index in [2.05, 4.69) is 15.3 Å². The number of nitrogens with zero attached hydrogens (tertiary/aromatic N) is 4. The molecule has 1 amide bonds. The Bertz CT molecular complexity index is 2170. The van der Waals surface area contributed by atoms with Crippen LogP contribution in [-0.4, -0.2) is 83.9 Å². The molecule has 5 rings (SSSR count). The van der Waals surface area contributed by atoms with Gasteiger partial charge in [-0.25, -0.2) is 23.2 Å². The quantitative estimate of drug-likeness (QED) is 0.0643. The maximum absolute atomic E-state index is 14.3. The number of anilines is 1. The van der Waals surface area contributed by atoms with Gasteiger partial charge in [-0.3, -0.25) is 18.7 Å². The predicted molar refractivity (Wildman–Crippen MR) is 202 cm³/mol. The maximum atomic E-state index is 14.3. The number of hydrogen-bond donors (Lipinski definition) is 3. The van der Waals surface area contributed by atoms with E-state index in [-0.39, 0.29) is 88.4 Å². The topological polar surface area (TPSA) is 225 Å². The van der Waals surface area contributed by atoms with E-state index in [4.69, 9.17) is 29.2 Å². The average Bonchev–Trinajstić information content (AvgIpc) is 3.58. The molecule has 2 heterocycles. The number of esters is 1. The van der Waals surface area contributed by atoms with Crippen LogP contribution in [0.3, 0.4) is 0 Å². The van der Waals surface area contributed by atoms with Gasteiger partial charge in [0.05, 0.1) is 42.7 Å². The molecule has 0 bridgehead atoms. The lowest BCUT2D eigenvalue weighted by Crippen LogP contribution is -2.45. The standard InChI is InChI=1S/C30H33N5O10S.C8H10O2/c1-5-19(2)13-45-30(39)20-10-11-25(42-4)22(12-20)33-29(38)27(35-16-31-23(14-43-17-36)24(35)15-44-18-37)28-32-21-8-6-7-9-26(21)46(40,41)34(28)3;1-5-3-8(10)6(2)4-7(5)9/h6-12,16-19,27H,5,13-15H2,1-4H3,(H,33,38);3-4,9-10H,1-2H3. The molecular formula is C38H43N5O12S. The van der Waals surface area contributed by atoms with Crippen LogP contribution in [0.15, 0.2) is 70.8 Å². The van der Waals surface area contributed by atoms with Crippen molar-refractivity contribution in [2.45, 2.75) is 58.3 Å². The lowest BCUT2D eigenvalue weighted by atomic mass is 10.1. The van der Waals surface area contributed by atoms with Gasteiger partial charge < -0.3 is 39.0 Å². The molecule has 0 spiro atoms. The van der Waals surface area contributed by atoms with Crippen molar-refractivity contribution in [1.82, 2.24) is 13.9 Å². The maximum Gasteiger partial charge on any atom is 0.338 e. The van der Waals surface area contributed by atoms with Crippen molar-refractivity contribution in [3.05, 3.63) is 89.0 Å². The molecule has 298 valence electrons. The number of methoxy groups -OCH3 is 1. The Balaban J connectivity index is 0.000000604. The summed E-state index contributed by atoms with van der Waals surface area (Å²) >= 11 is 0. The smallest absolute Gasteiger partial charge is 0.338 e. The Morgan fingerprint density at radius 2 is 1.61 bits per heavy atom. The zero-order valence-electron chi connectivity index (χ0n) is 31.6. The summed E-state index contributed by atoms with van der Waals surface area (Å²) in [5.41, 5.74) is 1.95. The van der Waals surface area contributed by atoms with Crippen molar-refractivity contribution in [2.24, 2.45) is 10.9 Å². The number of aromatic nitrogens is 2. The van der Waals surface area contributed by atoms with E-state index in [1.807, 2.05) is 13.8 Å². The van der Waals surface area contributed by atoms with Gasteiger partial charge in [-0.05, 0) is 73.4 Å². The molecule has 0 aliphatic carbocycles. The number of aliphatic imine (C=N–C) groups is 1. The van der Waals surface area contributed by atoms with Gasteiger partial charge in [-0.1, -0.05) is 32.4 Å². The number of amides is 1. The minimum atomic E-state index is -4.17. The molecule has 56 heavy (non-hydrogen) atoms. The van der Waals surface area contributed by atoms with E-state index in [1.165, 1.54) is 55.4 Å². The molecule has 2 unspecified atom stereocenters. The fourth-order valence-corrected chi connectivity index (χ4v) is 6.63. The van der Waals surface area contributed by atoms with Gasteiger partial charge in [0.15, 0.2) is 11.9 Å². The SMILES string of the molecule is CCC(C)COC(=O)c1ccc(OC)c(NC(=O)C(C2=Nc3ccccc3S(=O)(=O)N2C)n2cnc(COC=O)c2COC=O)c1.Cc1cc(O)c(C)cc1O. The van der Waals surface area contributed by atoms with E-state index >= 15 is 0 Å². The van der Waals surface area contributed by atoms with Crippen molar-refractivity contribution in [3.8, 4) is 17.2 Å². The Kier molecular flexibility index (Phi) is 14.2. The van der Waals surface area contributed by atoms with Crippen LogP contribution in [0.4, 0.5) is 11.4 Å². The predicted octanol–water partition coefficient (Wildman–Crippen LogP) is 4.70. The molecule has 0 radical (unpaired) electrons. The van der Waals surface area contributed by atoms with Gasteiger partial charge in [0.2, 0.25) is 0 Å². The second-order valence-corrected chi connectivity index (χ2v) is 14.6. The van der Waals surface area contributed by atoms with Crippen molar-refractivity contribution in [2.75, 3.05) is 26.1 Å². The van der Waals surface area contributed by atoms with Gasteiger partial charge >= 0.3 is 5.97 Å². The third-order valence-corrected chi connectivity index (χ3v) is 10.6. The van der Waals surface area contributed by atoms with Crippen LogP contribution < -0.4 is 10.1 Å². The van der Waals surface area contributed by atoms with E-state index in [0.717, 1.165) is 10.7 Å². The minimum Gasteiger partial charge on any atom is -0.508 e. The molecule has 1 aliphatic heterocycles. The van der Waals surface area contributed by atoms with Gasteiger partial charge in [0, 0.05) is 7.05 Å². The van der Waals surface area contributed by atoms with Crippen LogP contribution in [0, 0.1) is 19.8 Å². The highest BCUT2D eigenvalue weighted by molar-refractivity contribution is 7.90. The summed E-state index contributed by atoms with van der Waals surface area (Å²) in [7, 11) is -1.55. The summed E-state index contributed by atoms with van der Waals surface area (Å²) < 4.78 is 49.9. The van der Waals surface area contributed by atoms with Crippen molar-refractivity contribution in [1.29, 1.82) is 0 Å². The van der Waals surface area contributed by atoms with Crippen LogP contribution >= 0.6 is 0 Å². The molecule has 4 aromatic rings. The van der Waals surface area contributed by atoms with Crippen LogP contribution in [0.5, 0.6) is 17.2 Å². The molecule has 0 saturated heterocycles. The summed E-state index contributed by atoms with van der Waals surface area (Å²) in [6, 6.07) is 11.9. The summed E-state index contributed by atoms with van der Waals surface area (Å²) in [5, 5.41) is 20.9. The fraction of sp³-hybridized carbons (Fsp3) is 0.316. The van der Waals surface area contributed by atoms with Gasteiger partial charge in [0.25, 0.3) is 28.9 Å². The molecule has 17 nitrogen and oxygen atoms in total. The first-order valence-corrected chi connectivity index (χ1v) is 18.6. The number of amidine groups is 1. The number of phenolic OH excluding ortho intramolecular Hbond substituents is 2. The van der Waals surface area contributed by atoms with Gasteiger partial charge in [0.1, 0.15) is 41.1 Å². The van der Waals surface area contributed by atoms with Crippen LogP contribution in [0.2, 0.25) is 0 Å². The van der Waals surface area contributed by atoms with Crippen molar-refractivity contribution >= 4 is 52.1 Å². The van der Waals surface area contributed by atoms with E-state index in [1.54, 1.807) is 38.1 Å². The molecule has 0 saturated carbocycles. The molecule has 1 aromatic heterocycles. The number of carbonyl (C=O) groups is 4. The first-order valence-electron chi connectivity index (χ1n) is 17.1. The third kappa shape index (κ3) is 9.62. The molecule has 3 aromatic carbocycles. The minimum absolute atomic E-state index is 0.0686. The lowest BCUT2D eigenvalue weighted by Gasteiger charge is -2.31. The Hall–Kier alpha value is -6.43. The largest absolute Gasteiger partial charge is 0.508 e. The lowest BCUT2D eigenvalue weighted by molar-refractivity contribution is -0.131. The van der Waals surface area contributed by atoms with Crippen molar-refractivity contribution < 1.29 is 56.8 Å². The highest BCUT2D eigenvalue weighted by atomic mass is 32.2. The van der Waals surface area contributed by atoms with Gasteiger partial charge in [-0.15, -0.1) is 0 Å². The summed E-state index contributed by atoms with van der Waals surface area (Å²) in [5.74, 6) is -0.866. The number of para-hydroxylation sites is 1. The van der Waals surface area contributed by atoms with Gasteiger partial charge in [-0.2, -0.15) is 0 Å². The van der Waals surface area contributed by atoms with Crippen molar-refractivity contribution in [3.63, 3.8) is 0 Å². The third-order valence-electron chi connectivity index (χ3n) is 8.79. The number of aromatic hydroxyl groups is 2. The number of benzene rings is 3. The molecule has 18 heteroatoms. The number of ether oxygens (including phenoxy) is 4. The second-order valence-electron chi connectivity index (χ2n) is 12.6. The summed E-state index contributed by atoms with van der Waals surface area (Å²) in [4.78, 5) is 57.9. The summed E-state index contributed by atoms with van der Waals surface area (Å²) in [6.45, 7) is 7.24. The van der Waals surface area contributed by atoms with Crippen LogP contribution in [-0.2, 0) is 51.8 Å². The number of rotatable bonds is 15. The first-order chi connectivity index (χ1) is 26.7. The highest BCUT2D eigenvalue weighted by Gasteiger charge is 2.40. The molecular weight excluding hydrogens is 751 g/mol. The van der Waals surface area contributed by atoms with E-state index < -0.39 is 34.5 Å². The number of imidazole rings is 1. The summed E-state index contributed by atoms with van der Waals surface area (Å²) in [6.07, 6.45) is 2.02. The number of likely N-dealkylation sites (N-methyl/N-ethyl adjacent to an activating group) is 1. The van der Waals surface area contributed by atoms with Crippen LogP contribution in [0.25, 0.3) is 0 Å². The monoisotopic (exact) mass is 793 g/mol.